The average molecular weight is 148 g/mol. The van der Waals surface area contributed by atoms with Gasteiger partial charge in [-0.15, -0.1) is 0 Å². The van der Waals surface area contributed by atoms with E-state index in [1.807, 2.05) is 0 Å². The number of hydrogen-bond acceptors (Lipinski definition) is 3. The molecule has 4 heteroatoms. The fraction of sp³-hybridized carbons (Fsp3) is 0.400. The normalized spacial score (nSPS) is 11.2. The summed E-state index contributed by atoms with van der Waals surface area (Å²) in [5, 5.41) is 0. The van der Waals surface area contributed by atoms with Crippen LogP contribution in [0.25, 0.3) is 0 Å². The van der Waals surface area contributed by atoms with E-state index in [-0.39, 0.29) is 17.2 Å². The Morgan fingerprint density at radius 1 is 1.56 bits per heavy atom. The van der Waals surface area contributed by atoms with Gasteiger partial charge in [-0.2, -0.15) is 0 Å². The third kappa shape index (κ3) is 4.02. The van der Waals surface area contributed by atoms with Crippen molar-refractivity contribution in [2.24, 2.45) is 5.73 Å². The zero-order valence-electron chi connectivity index (χ0n) is 5.13. The standard InChI is InChI=1S/C5H10NO2S/c1-3-9(7,8)4-5(2)6/h1-4,6H2. The van der Waals surface area contributed by atoms with Crippen molar-refractivity contribution in [3.8, 4) is 0 Å². The lowest BCUT2D eigenvalue weighted by Crippen LogP contribution is -2.14. The molecule has 0 saturated heterocycles. The van der Waals surface area contributed by atoms with E-state index in [1.165, 1.54) is 0 Å². The Bertz CT molecular complexity index is 193. The maximum atomic E-state index is 10.6. The van der Waals surface area contributed by atoms with Gasteiger partial charge in [0.05, 0.1) is 11.5 Å². The molecule has 9 heavy (non-hydrogen) atoms. The van der Waals surface area contributed by atoms with Gasteiger partial charge < -0.3 is 5.73 Å². The first-order valence-corrected chi connectivity index (χ1v) is 4.23. The molecule has 3 nitrogen and oxygen atoms in total. The Kier molecular flexibility index (Phi) is 2.70. The van der Waals surface area contributed by atoms with Crippen molar-refractivity contribution in [2.75, 3.05) is 11.5 Å². The lowest BCUT2D eigenvalue weighted by Gasteiger charge is -1.97. The molecule has 0 atom stereocenters. The van der Waals surface area contributed by atoms with Crippen molar-refractivity contribution in [1.29, 1.82) is 0 Å². The van der Waals surface area contributed by atoms with Gasteiger partial charge in [-0.1, -0.05) is 6.58 Å². The number of hydrogen-bond donors (Lipinski definition) is 1. The zero-order valence-corrected chi connectivity index (χ0v) is 5.95. The molecule has 0 saturated carbocycles. The summed E-state index contributed by atoms with van der Waals surface area (Å²) in [7, 11) is -3.05. The second-order valence-corrected chi connectivity index (χ2v) is 3.93. The Morgan fingerprint density at radius 3 is 2.11 bits per heavy atom. The summed E-state index contributed by atoms with van der Waals surface area (Å²) in [6.45, 7) is 6.48. The molecule has 0 aliphatic heterocycles. The molecule has 0 amide bonds. The third-order valence-electron chi connectivity index (χ3n) is 0.716. The maximum Gasteiger partial charge on any atom is 0.155 e. The van der Waals surface area contributed by atoms with Crippen LogP contribution in [0.4, 0.5) is 0 Å². The molecular weight excluding hydrogens is 138 g/mol. The zero-order chi connectivity index (χ0) is 7.49. The van der Waals surface area contributed by atoms with Gasteiger partial charge in [0, 0.05) is 5.70 Å². The van der Waals surface area contributed by atoms with Gasteiger partial charge in [0.25, 0.3) is 0 Å². The molecule has 0 aromatic heterocycles. The molecule has 0 rings (SSSR count). The summed E-state index contributed by atoms with van der Waals surface area (Å²) < 4.78 is 21.2. The van der Waals surface area contributed by atoms with E-state index in [9.17, 15) is 8.42 Å². The predicted octanol–water partition coefficient (Wildman–Crippen LogP) is -0.292. The van der Waals surface area contributed by atoms with E-state index in [2.05, 4.69) is 13.5 Å². The van der Waals surface area contributed by atoms with Gasteiger partial charge in [0.2, 0.25) is 0 Å². The summed E-state index contributed by atoms with van der Waals surface area (Å²) in [5.74, 6) is -0.278. The van der Waals surface area contributed by atoms with Crippen molar-refractivity contribution in [3.63, 3.8) is 0 Å². The SMILES string of the molecule is [CH2]CS(=O)(=O)CC(=C)N. The van der Waals surface area contributed by atoms with E-state index >= 15 is 0 Å². The first-order valence-electron chi connectivity index (χ1n) is 2.41. The summed E-state index contributed by atoms with van der Waals surface area (Å²) in [5.41, 5.74) is 5.22. The highest BCUT2D eigenvalue weighted by Gasteiger charge is 2.06. The number of nitrogens with two attached hydrogens (primary N) is 1. The van der Waals surface area contributed by atoms with Crippen molar-refractivity contribution in [3.05, 3.63) is 19.2 Å². The van der Waals surface area contributed by atoms with Crippen LogP contribution >= 0.6 is 0 Å². The van der Waals surface area contributed by atoms with Crippen molar-refractivity contribution in [1.82, 2.24) is 0 Å². The van der Waals surface area contributed by atoms with E-state index in [4.69, 9.17) is 5.73 Å². The van der Waals surface area contributed by atoms with Crippen LogP contribution in [0, 0.1) is 6.92 Å². The molecule has 0 spiro atoms. The second kappa shape index (κ2) is 2.87. The summed E-state index contributed by atoms with van der Waals surface area (Å²) in [6, 6.07) is 0. The third-order valence-corrected chi connectivity index (χ3v) is 2.15. The quantitative estimate of drug-likeness (QED) is 0.598. The van der Waals surface area contributed by atoms with Crippen LogP contribution in [-0.2, 0) is 9.84 Å². The van der Waals surface area contributed by atoms with Gasteiger partial charge >= 0.3 is 0 Å². The first-order chi connectivity index (χ1) is 3.98. The highest BCUT2D eigenvalue weighted by atomic mass is 32.2. The van der Waals surface area contributed by atoms with E-state index in [0.717, 1.165) is 0 Å². The largest absolute Gasteiger partial charge is 0.402 e. The number of rotatable bonds is 3. The van der Waals surface area contributed by atoms with Crippen LogP contribution in [0.2, 0.25) is 0 Å². The monoisotopic (exact) mass is 148 g/mol. The van der Waals surface area contributed by atoms with Gasteiger partial charge in [-0.3, -0.25) is 0 Å². The molecule has 0 aromatic rings. The molecular formula is C5H10NO2S. The predicted molar refractivity (Wildman–Crippen MR) is 37.3 cm³/mol. The van der Waals surface area contributed by atoms with Crippen molar-refractivity contribution >= 4 is 9.84 Å². The summed E-state index contributed by atoms with van der Waals surface area (Å²) >= 11 is 0. The molecule has 0 fully saturated rings. The highest BCUT2D eigenvalue weighted by Crippen LogP contribution is 1.91. The minimum atomic E-state index is -3.05. The van der Waals surface area contributed by atoms with E-state index in [1.54, 1.807) is 0 Å². The van der Waals surface area contributed by atoms with Gasteiger partial charge in [0.1, 0.15) is 0 Å². The van der Waals surface area contributed by atoms with Crippen molar-refractivity contribution < 1.29 is 8.42 Å². The Hall–Kier alpha value is -0.510. The molecule has 0 aliphatic carbocycles. The van der Waals surface area contributed by atoms with Gasteiger partial charge in [0.15, 0.2) is 9.84 Å². The topological polar surface area (TPSA) is 60.2 Å². The molecule has 2 N–H and O–H groups in total. The molecule has 1 radical (unpaired) electrons. The Morgan fingerprint density at radius 2 is 2.00 bits per heavy atom. The Balaban J connectivity index is 4.06. The lowest BCUT2D eigenvalue weighted by molar-refractivity contribution is 0.601. The molecule has 0 heterocycles. The van der Waals surface area contributed by atoms with E-state index < -0.39 is 9.84 Å². The van der Waals surface area contributed by atoms with Crippen LogP contribution in [0.3, 0.4) is 0 Å². The Labute approximate surface area is 55.5 Å². The second-order valence-electron chi connectivity index (χ2n) is 1.75. The smallest absolute Gasteiger partial charge is 0.155 e. The summed E-state index contributed by atoms with van der Waals surface area (Å²) in [6.07, 6.45) is 0. The van der Waals surface area contributed by atoms with Gasteiger partial charge in [-0.05, 0) is 6.92 Å². The molecule has 0 aromatic carbocycles. The maximum absolute atomic E-state index is 10.6. The minimum Gasteiger partial charge on any atom is -0.402 e. The van der Waals surface area contributed by atoms with Crippen LogP contribution in [0.5, 0.6) is 0 Å². The first kappa shape index (κ1) is 8.49. The fourth-order valence-electron chi connectivity index (χ4n) is 0.355. The van der Waals surface area contributed by atoms with Crippen LogP contribution in [0.1, 0.15) is 0 Å². The van der Waals surface area contributed by atoms with Crippen LogP contribution in [-0.4, -0.2) is 19.9 Å². The minimum absolute atomic E-state index is 0.122. The molecule has 0 unspecified atom stereocenters. The van der Waals surface area contributed by atoms with Crippen LogP contribution < -0.4 is 5.73 Å². The molecule has 0 aliphatic rings. The molecule has 53 valence electrons. The highest BCUT2D eigenvalue weighted by molar-refractivity contribution is 7.91. The van der Waals surface area contributed by atoms with Crippen LogP contribution in [0.15, 0.2) is 12.3 Å². The molecule has 0 bridgehead atoms. The summed E-state index contributed by atoms with van der Waals surface area (Å²) in [4.78, 5) is 0. The average Bonchev–Trinajstić information content (AvgIpc) is 1.63. The van der Waals surface area contributed by atoms with Gasteiger partial charge in [-0.25, -0.2) is 8.42 Å². The fourth-order valence-corrected chi connectivity index (χ4v) is 1.06. The van der Waals surface area contributed by atoms with Crippen molar-refractivity contribution in [2.45, 2.75) is 0 Å². The number of sulfone groups is 1. The lowest BCUT2D eigenvalue weighted by atomic mass is 10.6. The van der Waals surface area contributed by atoms with E-state index in [0.29, 0.717) is 0 Å².